The molecule has 1 aromatic heterocycles. The predicted octanol–water partition coefficient (Wildman–Crippen LogP) is 2.69. The number of piperidine rings is 1. The molecule has 1 N–H and O–H groups in total. The minimum atomic E-state index is -0.568. The number of carbonyl (C=O) groups is 1. The van der Waals surface area contributed by atoms with Crippen LogP contribution in [-0.4, -0.2) is 32.5 Å². The quantitative estimate of drug-likeness (QED) is 0.946. The average molecular weight is 320 g/mol. The zero-order valence-corrected chi connectivity index (χ0v) is 12.9. The lowest BCUT2D eigenvalue weighted by molar-refractivity contribution is -0.134. The van der Waals surface area contributed by atoms with Crippen molar-refractivity contribution in [3.63, 3.8) is 0 Å². The minimum Gasteiger partial charge on any atom is -0.332 e. The van der Waals surface area contributed by atoms with Gasteiger partial charge in [0.05, 0.1) is 12.5 Å². The van der Waals surface area contributed by atoms with E-state index in [1.54, 1.807) is 11.8 Å². The molecule has 0 spiro atoms. The summed E-state index contributed by atoms with van der Waals surface area (Å²) in [5.41, 5.74) is 0.0745. The van der Waals surface area contributed by atoms with Gasteiger partial charge in [0.2, 0.25) is 5.91 Å². The number of amides is 1. The molecule has 122 valence electrons. The smallest absolute Gasteiger partial charge is 0.227 e. The van der Waals surface area contributed by atoms with Gasteiger partial charge < -0.3 is 4.90 Å². The van der Waals surface area contributed by atoms with Crippen molar-refractivity contribution in [2.24, 2.45) is 0 Å². The minimum absolute atomic E-state index is 0.0745. The summed E-state index contributed by atoms with van der Waals surface area (Å²) in [6, 6.07) is 2.95. The van der Waals surface area contributed by atoms with Gasteiger partial charge in [-0.05, 0) is 44.4 Å². The molecule has 1 saturated heterocycles. The van der Waals surface area contributed by atoms with Crippen molar-refractivity contribution >= 4 is 5.91 Å². The van der Waals surface area contributed by atoms with Crippen molar-refractivity contribution in [3.8, 4) is 0 Å². The van der Waals surface area contributed by atoms with Crippen LogP contribution >= 0.6 is 0 Å². The van der Waals surface area contributed by atoms with E-state index in [0.717, 1.165) is 37.5 Å². The molecule has 1 fully saturated rings. The molecule has 0 aliphatic carbocycles. The lowest BCUT2D eigenvalue weighted by atomic mass is 10.00. The Balaban J connectivity index is 1.80. The number of nitrogens with one attached hydrogen (secondary N) is 1. The highest BCUT2D eigenvalue weighted by Crippen LogP contribution is 2.29. The normalized spacial score (nSPS) is 18.2. The van der Waals surface area contributed by atoms with Crippen molar-refractivity contribution < 1.29 is 13.6 Å². The van der Waals surface area contributed by atoms with Crippen LogP contribution in [0.2, 0.25) is 0 Å². The Morgan fingerprint density at radius 1 is 1.39 bits per heavy atom. The molecule has 1 atom stereocenters. The molecule has 5 nitrogen and oxygen atoms in total. The number of aromatic nitrogens is 3. The van der Waals surface area contributed by atoms with E-state index in [2.05, 4.69) is 15.2 Å². The number of halogens is 2. The fourth-order valence-corrected chi connectivity index (χ4v) is 2.95. The van der Waals surface area contributed by atoms with Gasteiger partial charge in [-0.25, -0.2) is 13.8 Å². The number of carbonyl (C=O) groups excluding carboxylic acids is 1. The summed E-state index contributed by atoms with van der Waals surface area (Å²) < 4.78 is 27.0. The van der Waals surface area contributed by atoms with Crippen LogP contribution in [0.25, 0.3) is 0 Å². The van der Waals surface area contributed by atoms with Crippen LogP contribution in [0.3, 0.4) is 0 Å². The first kappa shape index (κ1) is 15.6. The lowest BCUT2D eigenvalue weighted by Gasteiger charge is -2.34. The zero-order chi connectivity index (χ0) is 16.4. The standard InChI is InChI=1S/C16H18F2N4O/c1-10-19-16(21-20-10)14-4-2-3-7-22(14)15(23)9-11-8-12(17)5-6-13(11)18/h5-6,8,14H,2-4,7,9H2,1H3,(H,19,20,21)/t14-/m1/s1. The van der Waals surface area contributed by atoms with Gasteiger partial charge in [-0.15, -0.1) is 0 Å². The first-order chi connectivity index (χ1) is 11.0. The first-order valence-electron chi connectivity index (χ1n) is 7.67. The highest BCUT2D eigenvalue weighted by Gasteiger charge is 2.30. The van der Waals surface area contributed by atoms with Gasteiger partial charge in [-0.2, -0.15) is 5.10 Å². The van der Waals surface area contributed by atoms with Crippen LogP contribution < -0.4 is 0 Å². The number of hydrogen-bond acceptors (Lipinski definition) is 3. The summed E-state index contributed by atoms with van der Waals surface area (Å²) in [7, 11) is 0. The molecule has 0 radical (unpaired) electrons. The summed E-state index contributed by atoms with van der Waals surface area (Å²) in [6.07, 6.45) is 2.48. The summed E-state index contributed by atoms with van der Waals surface area (Å²) in [5, 5.41) is 6.93. The number of nitrogens with zero attached hydrogens (tertiary/aromatic N) is 3. The second-order valence-corrected chi connectivity index (χ2v) is 5.79. The van der Waals surface area contributed by atoms with Gasteiger partial charge in [0.25, 0.3) is 0 Å². The SMILES string of the molecule is Cc1nc([C@H]2CCCCN2C(=O)Cc2cc(F)ccc2F)n[nH]1. The monoisotopic (exact) mass is 320 g/mol. The van der Waals surface area contributed by atoms with Gasteiger partial charge in [-0.3, -0.25) is 9.89 Å². The molecule has 1 amide bonds. The van der Waals surface area contributed by atoms with Gasteiger partial charge in [-0.1, -0.05) is 0 Å². The number of H-pyrrole nitrogens is 1. The van der Waals surface area contributed by atoms with Crippen molar-refractivity contribution in [1.29, 1.82) is 0 Å². The van der Waals surface area contributed by atoms with E-state index >= 15 is 0 Å². The Hall–Kier alpha value is -2.31. The van der Waals surface area contributed by atoms with E-state index < -0.39 is 11.6 Å². The second kappa shape index (κ2) is 6.44. The molecule has 0 bridgehead atoms. The highest BCUT2D eigenvalue weighted by molar-refractivity contribution is 5.79. The van der Waals surface area contributed by atoms with E-state index in [0.29, 0.717) is 18.2 Å². The van der Waals surface area contributed by atoms with Gasteiger partial charge in [0.15, 0.2) is 5.82 Å². The number of benzene rings is 1. The predicted molar refractivity (Wildman–Crippen MR) is 79.5 cm³/mol. The highest BCUT2D eigenvalue weighted by atomic mass is 19.1. The van der Waals surface area contributed by atoms with Crippen molar-refractivity contribution in [3.05, 3.63) is 47.0 Å². The summed E-state index contributed by atoms with van der Waals surface area (Å²) >= 11 is 0. The molecular formula is C16H18F2N4O. The van der Waals surface area contributed by atoms with Crippen LogP contribution in [0.1, 0.15) is 42.5 Å². The van der Waals surface area contributed by atoms with E-state index in [4.69, 9.17) is 0 Å². The van der Waals surface area contributed by atoms with E-state index in [1.165, 1.54) is 0 Å². The maximum atomic E-state index is 13.8. The number of aryl methyl sites for hydroxylation is 1. The van der Waals surface area contributed by atoms with Gasteiger partial charge >= 0.3 is 0 Å². The topological polar surface area (TPSA) is 61.9 Å². The molecule has 1 aliphatic heterocycles. The van der Waals surface area contributed by atoms with Crippen LogP contribution in [0.5, 0.6) is 0 Å². The summed E-state index contributed by atoms with van der Waals surface area (Å²) in [6.45, 7) is 2.38. The Kier molecular flexibility index (Phi) is 4.36. The molecule has 23 heavy (non-hydrogen) atoms. The average Bonchev–Trinajstić information content (AvgIpc) is 2.97. The molecule has 0 unspecified atom stereocenters. The van der Waals surface area contributed by atoms with Crippen LogP contribution in [0.4, 0.5) is 8.78 Å². The maximum Gasteiger partial charge on any atom is 0.227 e. The lowest BCUT2D eigenvalue weighted by Crippen LogP contribution is -2.40. The fourth-order valence-electron chi connectivity index (χ4n) is 2.95. The van der Waals surface area contributed by atoms with Crippen molar-refractivity contribution in [2.45, 2.75) is 38.6 Å². The Morgan fingerprint density at radius 3 is 2.96 bits per heavy atom. The molecule has 0 saturated carbocycles. The second-order valence-electron chi connectivity index (χ2n) is 5.79. The van der Waals surface area contributed by atoms with Gasteiger partial charge in [0, 0.05) is 12.1 Å². The zero-order valence-electron chi connectivity index (χ0n) is 12.9. The van der Waals surface area contributed by atoms with Gasteiger partial charge in [0.1, 0.15) is 17.5 Å². The summed E-state index contributed by atoms with van der Waals surface area (Å²) in [4.78, 5) is 18.6. The number of hydrogen-bond donors (Lipinski definition) is 1. The molecule has 1 aromatic carbocycles. The molecule has 2 heterocycles. The van der Waals surface area contributed by atoms with Crippen LogP contribution in [0.15, 0.2) is 18.2 Å². The van der Waals surface area contributed by atoms with Crippen molar-refractivity contribution in [1.82, 2.24) is 20.1 Å². The Labute approximate surface area is 132 Å². The van der Waals surface area contributed by atoms with Crippen LogP contribution in [-0.2, 0) is 11.2 Å². The van der Waals surface area contributed by atoms with E-state index in [9.17, 15) is 13.6 Å². The molecule has 1 aliphatic rings. The Morgan fingerprint density at radius 2 is 2.22 bits per heavy atom. The van der Waals surface area contributed by atoms with E-state index in [-0.39, 0.29) is 23.9 Å². The third kappa shape index (κ3) is 3.38. The number of rotatable bonds is 3. The number of aromatic amines is 1. The first-order valence-corrected chi connectivity index (χ1v) is 7.67. The molecular weight excluding hydrogens is 302 g/mol. The summed E-state index contributed by atoms with van der Waals surface area (Å²) in [5.74, 6) is -0.0814. The van der Waals surface area contributed by atoms with Crippen molar-refractivity contribution in [2.75, 3.05) is 6.54 Å². The Bertz CT molecular complexity index is 716. The molecule has 7 heteroatoms. The third-order valence-corrected chi connectivity index (χ3v) is 4.09. The molecule has 2 aromatic rings. The number of likely N-dealkylation sites (tertiary alicyclic amines) is 1. The molecule has 3 rings (SSSR count). The third-order valence-electron chi connectivity index (χ3n) is 4.09. The maximum absolute atomic E-state index is 13.8. The fraction of sp³-hybridized carbons (Fsp3) is 0.438. The van der Waals surface area contributed by atoms with Crippen LogP contribution in [0, 0.1) is 18.6 Å². The largest absolute Gasteiger partial charge is 0.332 e. The van der Waals surface area contributed by atoms with E-state index in [1.807, 2.05) is 0 Å².